The Bertz CT molecular complexity index is 731. The summed E-state index contributed by atoms with van der Waals surface area (Å²) in [5.41, 5.74) is 4.81. The highest BCUT2D eigenvalue weighted by Gasteiger charge is 2.08. The van der Waals surface area contributed by atoms with E-state index in [1.165, 1.54) is 0 Å². The molecule has 0 saturated carbocycles. The SMILES string of the molecule is Cc1ccc2[nH]c(-c3ccc(Cl)cc3C)nc2n1. The maximum absolute atomic E-state index is 5.96. The van der Waals surface area contributed by atoms with Crippen LogP contribution in [0.15, 0.2) is 30.3 Å². The summed E-state index contributed by atoms with van der Waals surface area (Å²) in [4.78, 5) is 12.2. The zero-order chi connectivity index (χ0) is 12.7. The molecule has 90 valence electrons. The quantitative estimate of drug-likeness (QED) is 0.718. The lowest BCUT2D eigenvalue weighted by Crippen LogP contribution is -1.85. The van der Waals surface area contributed by atoms with Crippen molar-refractivity contribution in [2.24, 2.45) is 0 Å². The number of aromatic nitrogens is 3. The van der Waals surface area contributed by atoms with Crippen molar-refractivity contribution in [3.05, 3.63) is 46.6 Å². The average Bonchev–Trinajstić information content (AvgIpc) is 2.71. The first kappa shape index (κ1) is 11.2. The summed E-state index contributed by atoms with van der Waals surface area (Å²) in [6, 6.07) is 9.75. The molecule has 0 unspecified atom stereocenters. The van der Waals surface area contributed by atoms with Crippen LogP contribution >= 0.6 is 11.6 Å². The van der Waals surface area contributed by atoms with Gasteiger partial charge in [0.1, 0.15) is 5.82 Å². The average molecular weight is 258 g/mol. The van der Waals surface area contributed by atoms with E-state index in [1.807, 2.05) is 44.2 Å². The van der Waals surface area contributed by atoms with Gasteiger partial charge in [0.25, 0.3) is 0 Å². The van der Waals surface area contributed by atoms with Crippen molar-refractivity contribution < 1.29 is 0 Å². The van der Waals surface area contributed by atoms with E-state index in [9.17, 15) is 0 Å². The Morgan fingerprint density at radius 2 is 1.89 bits per heavy atom. The molecule has 0 saturated heterocycles. The summed E-state index contributed by atoms with van der Waals surface area (Å²) in [6.45, 7) is 3.98. The van der Waals surface area contributed by atoms with E-state index < -0.39 is 0 Å². The minimum absolute atomic E-state index is 0.737. The van der Waals surface area contributed by atoms with E-state index in [1.54, 1.807) is 0 Å². The van der Waals surface area contributed by atoms with Gasteiger partial charge in [-0.2, -0.15) is 0 Å². The number of halogens is 1. The normalized spacial score (nSPS) is 11.1. The number of aryl methyl sites for hydroxylation is 2. The molecule has 1 N–H and O–H groups in total. The highest BCUT2D eigenvalue weighted by molar-refractivity contribution is 6.30. The number of fused-ring (bicyclic) bond motifs is 1. The van der Waals surface area contributed by atoms with Crippen LogP contribution in [0.25, 0.3) is 22.6 Å². The summed E-state index contributed by atoms with van der Waals surface area (Å²) >= 11 is 5.96. The van der Waals surface area contributed by atoms with Gasteiger partial charge in [-0.1, -0.05) is 11.6 Å². The minimum Gasteiger partial charge on any atom is -0.337 e. The first-order chi connectivity index (χ1) is 8.63. The molecule has 0 radical (unpaired) electrons. The van der Waals surface area contributed by atoms with E-state index in [4.69, 9.17) is 11.6 Å². The van der Waals surface area contributed by atoms with Crippen molar-refractivity contribution >= 4 is 22.8 Å². The van der Waals surface area contributed by atoms with E-state index in [0.717, 1.165) is 38.8 Å². The molecular formula is C14H12ClN3. The van der Waals surface area contributed by atoms with Crippen LogP contribution in [0.1, 0.15) is 11.3 Å². The Kier molecular flexibility index (Phi) is 2.56. The van der Waals surface area contributed by atoms with Crippen molar-refractivity contribution in [2.45, 2.75) is 13.8 Å². The fourth-order valence-corrected chi connectivity index (χ4v) is 2.23. The molecule has 0 bridgehead atoms. The molecule has 0 fully saturated rings. The summed E-state index contributed by atoms with van der Waals surface area (Å²) in [7, 11) is 0. The molecule has 3 aromatic rings. The number of nitrogens with zero attached hydrogens (tertiary/aromatic N) is 2. The van der Waals surface area contributed by atoms with Crippen molar-refractivity contribution in [3.8, 4) is 11.4 Å². The van der Waals surface area contributed by atoms with Gasteiger partial charge in [0.2, 0.25) is 0 Å². The highest BCUT2D eigenvalue weighted by Crippen LogP contribution is 2.25. The lowest BCUT2D eigenvalue weighted by molar-refractivity contribution is 1.22. The molecule has 2 heterocycles. The monoisotopic (exact) mass is 257 g/mol. The van der Waals surface area contributed by atoms with Gasteiger partial charge in [0.15, 0.2) is 5.65 Å². The molecule has 0 aliphatic heterocycles. The molecule has 4 heteroatoms. The molecule has 0 aliphatic carbocycles. The third-order valence-corrected chi connectivity index (χ3v) is 3.16. The van der Waals surface area contributed by atoms with Crippen LogP contribution in [0, 0.1) is 13.8 Å². The number of imidazole rings is 1. The van der Waals surface area contributed by atoms with Gasteiger partial charge in [-0.3, -0.25) is 0 Å². The second-order valence-corrected chi connectivity index (χ2v) is 4.80. The van der Waals surface area contributed by atoms with Crippen molar-refractivity contribution in [3.63, 3.8) is 0 Å². The molecular weight excluding hydrogens is 246 g/mol. The standard InChI is InChI=1S/C14H12ClN3/c1-8-7-10(15)4-5-11(8)13-17-12-6-3-9(2)16-14(12)18-13/h3-7H,1-2H3,(H,16,17,18). The Morgan fingerprint density at radius 3 is 2.67 bits per heavy atom. The number of pyridine rings is 1. The molecule has 0 atom stereocenters. The molecule has 0 aliphatic rings. The van der Waals surface area contributed by atoms with Crippen LogP contribution in [0.2, 0.25) is 5.02 Å². The van der Waals surface area contributed by atoms with Crippen molar-refractivity contribution in [1.29, 1.82) is 0 Å². The summed E-state index contributed by atoms with van der Waals surface area (Å²) in [6.07, 6.45) is 0. The third-order valence-electron chi connectivity index (χ3n) is 2.93. The summed E-state index contributed by atoms with van der Waals surface area (Å²) in [5.74, 6) is 0.831. The first-order valence-corrected chi connectivity index (χ1v) is 6.11. The number of nitrogens with one attached hydrogen (secondary N) is 1. The second kappa shape index (κ2) is 4.10. The van der Waals surface area contributed by atoms with Crippen LogP contribution in [-0.4, -0.2) is 15.0 Å². The number of rotatable bonds is 1. The van der Waals surface area contributed by atoms with Crippen LogP contribution in [-0.2, 0) is 0 Å². The van der Waals surface area contributed by atoms with Gasteiger partial charge >= 0.3 is 0 Å². The second-order valence-electron chi connectivity index (χ2n) is 4.37. The van der Waals surface area contributed by atoms with Crippen molar-refractivity contribution in [1.82, 2.24) is 15.0 Å². The van der Waals surface area contributed by atoms with Gasteiger partial charge in [0, 0.05) is 16.3 Å². The predicted octanol–water partition coefficient (Wildman–Crippen LogP) is 3.90. The Balaban J connectivity index is 2.19. The number of hydrogen-bond acceptors (Lipinski definition) is 2. The maximum Gasteiger partial charge on any atom is 0.178 e. The molecule has 3 nitrogen and oxygen atoms in total. The topological polar surface area (TPSA) is 41.6 Å². The number of hydrogen-bond donors (Lipinski definition) is 1. The van der Waals surface area contributed by atoms with E-state index in [-0.39, 0.29) is 0 Å². The molecule has 1 aromatic carbocycles. The number of benzene rings is 1. The Labute approximate surface area is 110 Å². The lowest BCUT2D eigenvalue weighted by atomic mass is 10.1. The van der Waals surface area contributed by atoms with Crippen LogP contribution in [0.4, 0.5) is 0 Å². The molecule has 18 heavy (non-hydrogen) atoms. The molecule has 0 amide bonds. The Hall–Kier alpha value is -1.87. The van der Waals surface area contributed by atoms with Crippen LogP contribution < -0.4 is 0 Å². The summed E-state index contributed by atoms with van der Waals surface area (Å²) < 4.78 is 0. The zero-order valence-electron chi connectivity index (χ0n) is 10.2. The molecule has 3 rings (SSSR count). The predicted molar refractivity (Wildman–Crippen MR) is 73.8 cm³/mol. The lowest BCUT2D eigenvalue weighted by Gasteiger charge is -2.02. The highest BCUT2D eigenvalue weighted by atomic mass is 35.5. The largest absolute Gasteiger partial charge is 0.337 e. The van der Waals surface area contributed by atoms with E-state index in [2.05, 4.69) is 15.0 Å². The van der Waals surface area contributed by atoms with Gasteiger partial charge in [-0.15, -0.1) is 0 Å². The van der Waals surface area contributed by atoms with Gasteiger partial charge in [0.05, 0.1) is 5.52 Å². The smallest absolute Gasteiger partial charge is 0.178 e. The Morgan fingerprint density at radius 1 is 1.06 bits per heavy atom. The number of H-pyrrole nitrogens is 1. The fourth-order valence-electron chi connectivity index (χ4n) is 2.01. The third kappa shape index (κ3) is 1.87. The van der Waals surface area contributed by atoms with Crippen LogP contribution in [0.5, 0.6) is 0 Å². The van der Waals surface area contributed by atoms with Gasteiger partial charge in [-0.25, -0.2) is 9.97 Å². The van der Waals surface area contributed by atoms with Gasteiger partial charge in [-0.05, 0) is 49.7 Å². The van der Waals surface area contributed by atoms with Gasteiger partial charge < -0.3 is 4.98 Å². The first-order valence-electron chi connectivity index (χ1n) is 5.73. The zero-order valence-corrected chi connectivity index (χ0v) is 10.9. The molecule has 2 aromatic heterocycles. The summed E-state index contributed by atoms with van der Waals surface area (Å²) in [5, 5.41) is 0.737. The number of aromatic amines is 1. The van der Waals surface area contributed by atoms with E-state index in [0.29, 0.717) is 0 Å². The molecule has 0 spiro atoms. The minimum atomic E-state index is 0.737. The fraction of sp³-hybridized carbons (Fsp3) is 0.143. The van der Waals surface area contributed by atoms with E-state index >= 15 is 0 Å². The maximum atomic E-state index is 5.96. The van der Waals surface area contributed by atoms with Crippen molar-refractivity contribution in [2.75, 3.05) is 0 Å². The van der Waals surface area contributed by atoms with Crippen LogP contribution in [0.3, 0.4) is 0 Å².